The van der Waals surface area contributed by atoms with Crippen molar-refractivity contribution in [2.24, 2.45) is 5.92 Å². The number of nitrogens with zero attached hydrogens (tertiary/aromatic N) is 2. The highest BCUT2D eigenvalue weighted by Gasteiger charge is 2.23. The molecule has 1 aliphatic carbocycles. The number of hydrogen-bond donors (Lipinski definition) is 0. The van der Waals surface area contributed by atoms with Gasteiger partial charge in [-0.1, -0.05) is 73.8 Å². The van der Waals surface area contributed by atoms with Gasteiger partial charge in [-0.15, -0.1) is 0 Å². The summed E-state index contributed by atoms with van der Waals surface area (Å²) in [6.45, 7) is 1.96. The molecule has 1 aliphatic rings. The summed E-state index contributed by atoms with van der Waals surface area (Å²) in [6.07, 6.45) is 6.43. The number of carbonyl (C=O) groups excluding carboxylic acids is 1. The molecule has 4 nitrogen and oxygen atoms in total. The minimum absolute atomic E-state index is 0.177. The Morgan fingerprint density at radius 3 is 2.41 bits per heavy atom. The summed E-state index contributed by atoms with van der Waals surface area (Å²) >= 11 is 1.58. The van der Waals surface area contributed by atoms with Crippen LogP contribution >= 0.6 is 11.8 Å². The molecule has 0 saturated heterocycles. The summed E-state index contributed by atoms with van der Waals surface area (Å²) in [5.41, 5.74) is 1.73. The van der Waals surface area contributed by atoms with Crippen LogP contribution in [0.4, 0.5) is 0 Å². The van der Waals surface area contributed by atoms with Gasteiger partial charge in [0.1, 0.15) is 0 Å². The Kier molecular flexibility index (Phi) is 6.35. The van der Waals surface area contributed by atoms with Crippen LogP contribution < -0.4 is 4.74 Å². The van der Waals surface area contributed by atoms with Crippen LogP contribution in [0.1, 0.15) is 44.2 Å². The van der Waals surface area contributed by atoms with Crippen molar-refractivity contribution in [3.05, 3.63) is 66.4 Å². The molecule has 5 heteroatoms. The molecule has 150 valence electrons. The molecule has 29 heavy (non-hydrogen) atoms. The zero-order valence-corrected chi connectivity index (χ0v) is 17.5. The van der Waals surface area contributed by atoms with Crippen LogP contribution in [0.5, 0.6) is 5.88 Å². The van der Waals surface area contributed by atoms with Gasteiger partial charge >= 0.3 is 5.97 Å². The van der Waals surface area contributed by atoms with Crippen LogP contribution in [0, 0.1) is 12.8 Å². The average Bonchev–Trinajstić information content (AvgIpc) is 3.37. The topological polar surface area (TPSA) is 44.1 Å². The quantitative estimate of drug-likeness (QED) is 0.438. The summed E-state index contributed by atoms with van der Waals surface area (Å²) in [5.74, 6) is 1.00. The lowest BCUT2D eigenvalue weighted by Crippen LogP contribution is -2.13. The molecular formula is C24H26N2O2S. The number of aromatic nitrogens is 2. The lowest BCUT2D eigenvalue weighted by molar-refractivity contribution is -0.135. The molecule has 4 rings (SSSR count). The third-order valence-corrected chi connectivity index (χ3v) is 6.55. The zero-order valence-electron chi connectivity index (χ0n) is 16.7. The fraction of sp³-hybridized carbons (Fsp3) is 0.333. The van der Waals surface area contributed by atoms with Crippen molar-refractivity contribution in [3.8, 4) is 11.6 Å². The van der Waals surface area contributed by atoms with E-state index in [1.165, 1.54) is 25.7 Å². The number of rotatable bonds is 7. The van der Waals surface area contributed by atoms with E-state index >= 15 is 0 Å². The summed E-state index contributed by atoms with van der Waals surface area (Å²) in [4.78, 5) is 14.7. The average molecular weight is 407 g/mol. The molecule has 0 amide bonds. The van der Waals surface area contributed by atoms with Gasteiger partial charge in [0.15, 0.2) is 0 Å². The van der Waals surface area contributed by atoms with Crippen molar-refractivity contribution in [2.75, 3.05) is 0 Å². The largest absolute Gasteiger partial charge is 0.406 e. The first-order chi connectivity index (χ1) is 14.2. The zero-order chi connectivity index (χ0) is 20.1. The minimum atomic E-state index is -0.177. The third kappa shape index (κ3) is 4.91. The Balaban J connectivity index is 1.60. The van der Waals surface area contributed by atoms with E-state index in [9.17, 15) is 4.79 Å². The second kappa shape index (κ2) is 9.31. The van der Waals surface area contributed by atoms with E-state index in [0.717, 1.165) is 27.6 Å². The standard InChI is InChI=1S/C24H26N2O2S/c1-18-23(29-21-14-6-3-7-15-21)24(26(25-18)20-12-4-2-5-13-20)28-22(27)17-16-19-10-8-9-11-19/h2-7,12-15,19H,8-11,16-17H2,1H3. The molecule has 1 heterocycles. The van der Waals surface area contributed by atoms with E-state index in [1.807, 2.05) is 55.5 Å². The molecule has 2 aromatic carbocycles. The molecule has 0 radical (unpaired) electrons. The third-order valence-electron chi connectivity index (χ3n) is 5.37. The fourth-order valence-electron chi connectivity index (χ4n) is 3.83. The molecule has 1 saturated carbocycles. The van der Waals surface area contributed by atoms with Gasteiger partial charge in [0.2, 0.25) is 5.88 Å². The first-order valence-electron chi connectivity index (χ1n) is 10.3. The summed E-state index contributed by atoms with van der Waals surface area (Å²) in [5, 5.41) is 4.69. The fourth-order valence-corrected chi connectivity index (χ4v) is 4.76. The predicted molar refractivity (Wildman–Crippen MR) is 116 cm³/mol. The van der Waals surface area contributed by atoms with Gasteiger partial charge in [0.25, 0.3) is 0 Å². The Morgan fingerprint density at radius 1 is 1.07 bits per heavy atom. The van der Waals surface area contributed by atoms with Gasteiger partial charge in [-0.25, -0.2) is 0 Å². The van der Waals surface area contributed by atoms with Gasteiger partial charge in [-0.2, -0.15) is 9.78 Å². The Hall–Kier alpha value is -2.53. The molecular weight excluding hydrogens is 380 g/mol. The highest BCUT2D eigenvalue weighted by atomic mass is 32.2. The molecule has 0 spiro atoms. The van der Waals surface area contributed by atoms with E-state index in [2.05, 4.69) is 17.2 Å². The number of carbonyl (C=O) groups is 1. The molecule has 0 atom stereocenters. The Bertz CT molecular complexity index is 948. The number of esters is 1. The number of aryl methyl sites for hydroxylation is 1. The smallest absolute Gasteiger partial charge is 0.312 e. The van der Waals surface area contributed by atoms with E-state index in [0.29, 0.717) is 18.2 Å². The minimum Gasteiger partial charge on any atom is -0.406 e. The molecule has 1 fully saturated rings. The molecule has 3 aromatic rings. The SMILES string of the molecule is Cc1nn(-c2ccccc2)c(OC(=O)CCC2CCCC2)c1Sc1ccccc1. The van der Waals surface area contributed by atoms with Crippen molar-refractivity contribution in [1.82, 2.24) is 9.78 Å². The monoisotopic (exact) mass is 406 g/mol. The maximum absolute atomic E-state index is 12.7. The summed E-state index contributed by atoms with van der Waals surface area (Å²) < 4.78 is 7.67. The number of ether oxygens (including phenoxy) is 1. The summed E-state index contributed by atoms with van der Waals surface area (Å²) in [7, 11) is 0. The highest BCUT2D eigenvalue weighted by Crippen LogP contribution is 2.39. The van der Waals surface area contributed by atoms with Gasteiger partial charge in [-0.05, 0) is 43.5 Å². The lowest BCUT2D eigenvalue weighted by atomic mass is 10.0. The van der Waals surface area contributed by atoms with Crippen molar-refractivity contribution in [3.63, 3.8) is 0 Å². The molecule has 0 aliphatic heterocycles. The lowest BCUT2D eigenvalue weighted by Gasteiger charge is -2.11. The van der Waals surface area contributed by atoms with Crippen LogP contribution in [0.2, 0.25) is 0 Å². The second-order valence-electron chi connectivity index (χ2n) is 7.55. The van der Waals surface area contributed by atoms with Crippen molar-refractivity contribution < 1.29 is 9.53 Å². The van der Waals surface area contributed by atoms with E-state index in [-0.39, 0.29) is 5.97 Å². The Labute approximate surface area is 176 Å². The Morgan fingerprint density at radius 2 is 1.72 bits per heavy atom. The van der Waals surface area contributed by atoms with Gasteiger partial charge in [0.05, 0.1) is 16.3 Å². The van der Waals surface area contributed by atoms with Crippen LogP contribution in [-0.4, -0.2) is 15.7 Å². The molecule has 0 unspecified atom stereocenters. The number of hydrogen-bond acceptors (Lipinski definition) is 4. The van der Waals surface area contributed by atoms with E-state index in [1.54, 1.807) is 16.4 Å². The van der Waals surface area contributed by atoms with Gasteiger partial charge < -0.3 is 4.74 Å². The van der Waals surface area contributed by atoms with E-state index < -0.39 is 0 Å². The van der Waals surface area contributed by atoms with Crippen LogP contribution in [0.15, 0.2) is 70.5 Å². The maximum atomic E-state index is 12.7. The molecule has 0 N–H and O–H groups in total. The predicted octanol–water partition coefficient (Wildman–Crippen LogP) is 6.21. The first-order valence-corrected chi connectivity index (χ1v) is 11.1. The number of para-hydroxylation sites is 1. The molecule has 0 bridgehead atoms. The van der Waals surface area contributed by atoms with Crippen molar-refractivity contribution in [1.29, 1.82) is 0 Å². The van der Waals surface area contributed by atoms with Crippen LogP contribution in [-0.2, 0) is 4.79 Å². The maximum Gasteiger partial charge on any atom is 0.312 e. The van der Waals surface area contributed by atoms with Crippen molar-refractivity contribution in [2.45, 2.75) is 55.2 Å². The van der Waals surface area contributed by atoms with Gasteiger partial charge in [-0.3, -0.25) is 4.79 Å². The normalized spacial score (nSPS) is 14.2. The summed E-state index contributed by atoms with van der Waals surface area (Å²) in [6, 6.07) is 19.9. The highest BCUT2D eigenvalue weighted by molar-refractivity contribution is 7.99. The van der Waals surface area contributed by atoms with Gasteiger partial charge in [0, 0.05) is 11.3 Å². The second-order valence-corrected chi connectivity index (χ2v) is 8.63. The molecule has 1 aromatic heterocycles. The first kappa shape index (κ1) is 19.8. The van der Waals surface area contributed by atoms with Crippen LogP contribution in [0.3, 0.4) is 0 Å². The van der Waals surface area contributed by atoms with Crippen LogP contribution in [0.25, 0.3) is 5.69 Å². The van der Waals surface area contributed by atoms with E-state index in [4.69, 9.17) is 4.74 Å². The van der Waals surface area contributed by atoms with Crippen molar-refractivity contribution >= 4 is 17.7 Å². The number of benzene rings is 2.